The molecule has 1 aliphatic carbocycles. The third kappa shape index (κ3) is 7.17. The van der Waals surface area contributed by atoms with Gasteiger partial charge in [0.2, 0.25) is 0 Å². The quantitative estimate of drug-likeness (QED) is 0.621. The van der Waals surface area contributed by atoms with Gasteiger partial charge in [0.25, 0.3) is 5.91 Å². The third-order valence-corrected chi connectivity index (χ3v) is 7.32. The Labute approximate surface area is 205 Å². The number of carbonyl (C=O) groups excluding carboxylic acids is 1. The number of alkyl halides is 3. The minimum atomic E-state index is -5.08. The minimum Gasteiger partial charge on any atom is -0.475 e. The van der Waals surface area contributed by atoms with E-state index >= 15 is 0 Å². The number of amides is 1. The van der Waals surface area contributed by atoms with Crippen LogP contribution in [0.1, 0.15) is 72.2 Å². The number of rotatable bonds is 5. The Balaban J connectivity index is 0.000000429. The number of aliphatic carboxylic acids is 1. The Morgan fingerprint density at radius 3 is 2.43 bits per heavy atom. The van der Waals surface area contributed by atoms with Gasteiger partial charge in [-0.2, -0.15) is 13.2 Å². The highest BCUT2D eigenvalue weighted by molar-refractivity contribution is 7.05. The molecule has 2 aromatic heterocycles. The van der Waals surface area contributed by atoms with Gasteiger partial charge in [-0.05, 0) is 68.6 Å². The molecule has 35 heavy (non-hydrogen) atoms. The van der Waals surface area contributed by atoms with Gasteiger partial charge < -0.3 is 10.4 Å². The van der Waals surface area contributed by atoms with Crippen molar-refractivity contribution in [3.05, 3.63) is 34.4 Å². The first-order valence-electron chi connectivity index (χ1n) is 11.3. The summed E-state index contributed by atoms with van der Waals surface area (Å²) in [6, 6.07) is 0.267. The maximum Gasteiger partial charge on any atom is 0.490 e. The molecular formula is C22H29F3N6O3S. The molecule has 1 spiro atoms. The van der Waals surface area contributed by atoms with E-state index in [4.69, 9.17) is 9.90 Å². The molecule has 0 unspecified atom stereocenters. The van der Waals surface area contributed by atoms with Crippen LogP contribution in [0, 0.1) is 12.3 Å². The lowest BCUT2D eigenvalue weighted by Gasteiger charge is -2.52. The highest BCUT2D eigenvalue weighted by Crippen LogP contribution is 2.49. The van der Waals surface area contributed by atoms with Crippen LogP contribution in [0.15, 0.2) is 12.4 Å². The normalized spacial score (nSPS) is 18.0. The molecule has 0 bridgehead atoms. The molecule has 9 nitrogen and oxygen atoms in total. The average molecular weight is 515 g/mol. The van der Waals surface area contributed by atoms with Gasteiger partial charge in [0.05, 0.1) is 16.3 Å². The first-order chi connectivity index (χ1) is 16.4. The number of carboxylic acids is 1. The molecule has 1 saturated heterocycles. The van der Waals surface area contributed by atoms with Gasteiger partial charge in [-0.25, -0.2) is 4.79 Å². The second-order valence-electron chi connectivity index (χ2n) is 9.45. The highest BCUT2D eigenvalue weighted by atomic mass is 32.1. The molecule has 0 atom stereocenters. The Bertz CT molecular complexity index is 1030. The lowest BCUT2D eigenvalue weighted by atomic mass is 9.60. The number of hydrogen-bond acceptors (Lipinski definition) is 8. The fourth-order valence-electron chi connectivity index (χ4n) is 4.49. The molecule has 4 rings (SSSR count). The predicted octanol–water partition coefficient (Wildman–Crippen LogP) is 3.57. The van der Waals surface area contributed by atoms with E-state index in [0.29, 0.717) is 11.1 Å². The van der Waals surface area contributed by atoms with E-state index in [2.05, 4.69) is 43.6 Å². The highest BCUT2D eigenvalue weighted by Gasteiger charge is 2.46. The number of nitrogens with zero attached hydrogens (tertiary/aromatic N) is 5. The molecule has 192 valence electrons. The Morgan fingerprint density at radius 1 is 1.26 bits per heavy atom. The lowest BCUT2D eigenvalue weighted by Crippen LogP contribution is -2.54. The molecule has 3 heterocycles. The summed E-state index contributed by atoms with van der Waals surface area (Å²) in [5.74, 6) is -2.55. The minimum absolute atomic E-state index is 0.0623. The number of aryl methyl sites for hydroxylation is 1. The topological polar surface area (TPSA) is 121 Å². The molecule has 2 fully saturated rings. The van der Waals surface area contributed by atoms with Crippen LogP contribution in [0.3, 0.4) is 0 Å². The zero-order valence-electron chi connectivity index (χ0n) is 19.8. The van der Waals surface area contributed by atoms with Crippen molar-refractivity contribution in [1.82, 2.24) is 29.8 Å². The Kier molecular flexibility index (Phi) is 8.42. The first kappa shape index (κ1) is 26.9. The van der Waals surface area contributed by atoms with Gasteiger partial charge in [0.1, 0.15) is 0 Å². The summed E-state index contributed by atoms with van der Waals surface area (Å²) in [4.78, 5) is 33.7. The van der Waals surface area contributed by atoms with Crippen molar-refractivity contribution in [2.75, 3.05) is 13.1 Å². The number of hydrogen-bond donors (Lipinski definition) is 2. The zero-order valence-corrected chi connectivity index (χ0v) is 20.6. The van der Waals surface area contributed by atoms with Crippen LogP contribution >= 0.6 is 11.5 Å². The standard InChI is InChI=1S/C20H28N6OS.C2HF3O2/c1-13(2)18-17(24-25-28-18)19(27)23-15-8-20(9-15)4-6-26(7-5-20)12-16-11-21-10-14(3)22-16;3-2(4,5)1(6)7/h10-11,13,15H,4-9,12H2,1-3H3,(H,23,27);(H,6,7). The molecule has 13 heteroatoms. The van der Waals surface area contributed by atoms with Crippen LogP contribution in [0.5, 0.6) is 0 Å². The molecule has 2 aromatic rings. The number of nitrogens with one attached hydrogen (secondary N) is 1. The van der Waals surface area contributed by atoms with Crippen molar-refractivity contribution in [3.8, 4) is 0 Å². The monoisotopic (exact) mass is 514 g/mol. The fourth-order valence-corrected chi connectivity index (χ4v) is 5.13. The third-order valence-electron chi connectivity index (χ3n) is 6.30. The van der Waals surface area contributed by atoms with E-state index in [9.17, 15) is 18.0 Å². The maximum atomic E-state index is 12.6. The molecule has 0 aromatic carbocycles. The number of carboxylic acid groups (broad SMARTS) is 1. The summed E-state index contributed by atoms with van der Waals surface area (Å²) < 4.78 is 35.7. The largest absolute Gasteiger partial charge is 0.490 e. The van der Waals surface area contributed by atoms with E-state index in [1.54, 1.807) is 6.20 Å². The van der Waals surface area contributed by atoms with E-state index in [-0.39, 0.29) is 17.9 Å². The van der Waals surface area contributed by atoms with Crippen molar-refractivity contribution < 1.29 is 27.9 Å². The van der Waals surface area contributed by atoms with Crippen molar-refractivity contribution in [2.45, 2.75) is 71.1 Å². The molecular weight excluding hydrogens is 485 g/mol. The van der Waals surface area contributed by atoms with Crippen LogP contribution in [-0.4, -0.2) is 66.7 Å². The summed E-state index contributed by atoms with van der Waals surface area (Å²) >= 11 is 1.32. The summed E-state index contributed by atoms with van der Waals surface area (Å²) in [5, 5.41) is 14.3. The SMILES string of the molecule is Cc1cncc(CN2CCC3(CC2)CC(NC(=O)c2nnsc2C(C)C)C3)n1.O=C(O)C(F)(F)F. The van der Waals surface area contributed by atoms with Gasteiger partial charge in [0.15, 0.2) is 5.69 Å². The summed E-state index contributed by atoms with van der Waals surface area (Å²) in [5.41, 5.74) is 2.93. The van der Waals surface area contributed by atoms with Crippen LogP contribution in [0.2, 0.25) is 0 Å². The van der Waals surface area contributed by atoms with E-state index < -0.39 is 12.1 Å². The van der Waals surface area contributed by atoms with Gasteiger partial charge in [-0.3, -0.25) is 19.7 Å². The number of halogens is 3. The van der Waals surface area contributed by atoms with Gasteiger partial charge in [-0.1, -0.05) is 18.3 Å². The Morgan fingerprint density at radius 2 is 1.89 bits per heavy atom. The smallest absolute Gasteiger partial charge is 0.475 e. The van der Waals surface area contributed by atoms with E-state index in [1.165, 1.54) is 24.4 Å². The van der Waals surface area contributed by atoms with Crippen molar-refractivity contribution >= 4 is 23.4 Å². The predicted molar refractivity (Wildman–Crippen MR) is 122 cm³/mol. The first-order valence-corrected chi connectivity index (χ1v) is 12.1. The second kappa shape index (κ2) is 10.9. The van der Waals surface area contributed by atoms with Crippen LogP contribution in [-0.2, 0) is 11.3 Å². The zero-order chi connectivity index (χ0) is 25.8. The lowest BCUT2D eigenvalue weighted by molar-refractivity contribution is -0.192. The summed E-state index contributed by atoms with van der Waals surface area (Å²) in [7, 11) is 0. The number of aromatic nitrogens is 4. The molecule has 2 N–H and O–H groups in total. The van der Waals surface area contributed by atoms with Gasteiger partial charge in [0, 0.05) is 25.0 Å². The van der Waals surface area contributed by atoms with E-state index in [1.807, 2.05) is 13.1 Å². The molecule has 0 radical (unpaired) electrons. The number of carbonyl (C=O) groups is 2. The summed E-state index contributed by atoms with van der Waals surface area (Å²) in [6.45, 7) is 9.17. The van der Waals surface area contributed by atoms with E-state index in [0.717, 1.165) is 48.7 Å². The molecule has 1 saturated carbocycles. The van der Waals surface area contributed by atoms with Crippen molar-refractivity contribution in [2.24, 2.45) is 5.41 Å². The fraction of sp³-hybridized carbons (Fsp3) is 0.636. The average Bonchev–Trinajstić information content (AvgIpc) is 3.24. The van der Waals surface area contributed by atoms with Crippen LogP contribution < -0.4 is 5.32 Å². The van der Waals surface area contributed by atoms with Crippen molar-refractivity contribution in [1.29, 1.82) is 0 Å². The maximum absolute atomic E-state index is 12.6. The molecule has 1 aliphatic heterocycles. The number of likely N-dealkylation sites (tertiary alicyclic amines) is 1. The summed E-state index contributed by atoms with van der Waals surface area (Å²) in [6.07, 6.45) is 3.10. The number of piperidine rings is 1. The van der Waals surface area contributed by atoms with Crippen molar-refractivity contribution in [3.63, 3.8) is 0 Å². The molecule has 2 aliphatic rings. The van der Waals surface area contributed by atoms with Crippen LogP contribution in [0.25, 0.3) is 0 Å². The van der Waals surface area contributed by atoms with Gasteiger partial charge in [-0.15, -0.1) is 5.10 Å². The second-order valence-corrected chi connectivity index (χ2v) is 10.2. The molecule has 1 amide bonds. The Hall–Kier alpha value is -2.67. The van der Waals surface area contributed by atoms with Gasteiger partial charge >= 0.3 is 12.1 Å². The van der Waals surface area contributed by atoms with Crippen LogP contribution in [0.4, 0.5) is 13.2 Å².